The first-order valence-electron chi connectivity index (χ1n) is 13.0. The zero-order valence-electron chi connectivity index (χ0n) is 22.0. The van der Waals surface area contributed by atoms with Crippen molar-refractivity contribution in [3.8, 4) is 0 Å². The summed E-state index contributed by atoms with van der Waals surface area (Å²) in [4.78, 5) is 30.7. The predicted octanol–water partition coefficient (Wildman–Crippen LogP) is 2.18. The molecule has 2 aliphatic heterocycles. The van der Waals surface area contributed by atoms with Gasteiger partial charge in [-0.2, -0.15) is 0 Å². The van der Waals surface area contributed by atoms with Crippen molar-refractivity contribution < 1.29 is 24.6 Å². The van der Waals surface area contributed by atoms with E-state index >= 15 is 0 Å². The quantitative estimate of drug-likeness (QED) is 0.456. The highest BCUT2D eigenvalue weighted by Crippen LogP contribution is 2.29. The van der Waals surface area contributed by atoms with Gasteiger partial charge in [-0.25, -0.2) is 20.3 Å². The van der Waals surface area contributed by atoms with Crippen LogP contribution in [0.15, 0.2) is 36.7 Å². The fraction of sp³-hybridized carbons (Fsp3) is 0.593. The maximum absolute atomic E-state index is 12.4. The van der Waals surface area contributed by atoms with E-state index in [0.717, 1.165) is 24.8 Å². The fourth-order valence-corrected chi connectivity index (χ4v) is 4.74. The molecule has 0 bridgehead atoms. The SMILES string of the molecule is CC(C)(C)c1ccc([C@H]([C@H](O)CO)N2CCN(c3ncc(C(=O)NOC4CCCCO4)cn3)CC2)cc1. The summed E-state index contributed by atoms with van der Waals surface area (Å²) in [5.41, 5.74) is 4.98. The number of aromatic nitrogens is 2. The van der Waals surface area contributed by atoms with Crippen molar-refractivity contribution in [2.45, 2.75) is 63.9 Å². The molecule has 2 aromatic rings. The van der Waals surface area contributed by atoms with Crippen LogP contribution in [0.2, 0.25) is 0 Å². The first-order chi connectivity index (χ1) is 17.8. The van der Waals surface area contributed by atoms with Gasteiger partial charge in [-0.1, -0.05) is 45.0 Å². The van der Waals surface area contributed by atoms with Gasteiger partial charge < -0.3 is 19.8 Å². The Morgan fingerprint density at radius 1 is 1.14 bits per heavy atom. The molecule has 0 radical (unpaired) electrons. The molecular weight excluding hydrogens is 474 g/mol. The smallest absolute Gasteiger partial charge is 0.278 e. The van der Waals surface area contributed by atoms with Crippen molar-refractivity contribution in [1.29, 1.82) is 0 Å². The standard InChI is InChI=1S/C27H39N5O5/c1-27(2,3)21-9-7-19(8-10-21)24(22(34)18-33)31-11-13-32(14-12-31)26-28-16-20(17-29-26)25(35)30-37-23-6-4-5-15-36-23/h7-10,16-17,22-24,33-34H,4-6,11-15,18H2,1-3H3,(H,30,35)/t22-,23?,24-/m1/s1. The second kappa shape index (κ2) is 12.3. The molecule has 10 heteroatoms. The van der Waals surface area contributed by atoms with Crippen LogP contribution in [0.4, 0.5) is 5.95 Å². The molecule has 3 atom stereocenters. The number of benzene rings is 1. The first-order valence-corrected chi connectivity index (χ1v) is 13.0. The van der Waals surface area contributed by atoms with E-state index in [-0.39, 0.29) is 18.1 Å². The van der Waals surface area contributed by atoms with Crippen molar-refractivity contribution in [2.24, 2.45) is 0 Å². The minimum Gasteiger partial charge on any atom is -0.394 e. The van der Waals surface area contributed by atoms with Gasteiger partial charge in [0, 0.05) is 51.6 Å². The van der Waals surface area contributed by atoms with E-state index in [2.05, 4.69) is 58.2 Å². The van der Waals surface area contributed by atoms with Gasteiger partial charge in [0.15, 0.2) is 6.29 Å². The van der Waals surface area contributed by atoms with Crippen LogP contribution >= 0.6 is 0 Å². The zero-order chi connectivity index (χ0) is 26.4. The van der Waals surface area contributed by atoms with E-state index in [9.17, 15) is 15.0 Å². The lowest BCUT2D eigenvalue weighted by molar-refractivity contribution is -0.186. The van der Waals surface area contributed by atoms with Crippen LogP contribution in [0.1, 0.15) is 67.6 Å². The minimum atomic E-state index is -0.887. The lowest BCUT2D eigenvalue weighted by Gasteiger charge is -2.41. The van der Waals surface area contributed by atoms with Crippen LogP contribution in [-0.4, -0.2) is 82.8 Å². The van der Waals surface area contributed by atoms with Gasteiger partial charge in [0.1, 0.15) is 0 Å². The number of nitrogens with zero attached hydrogens (tertiary/aromatic N) is 4. The number of carbonyl (C=O) groups is 1. The van der Waals surface area contributed by atoms with Crippen LogP contribution in [0, 0.1) is 0 Å². The Kier molecular flexibility index (Phi) is 9.09. The van der Waals surface area contributed by atoms with Crippen molar-refractivity contribution >= 4 is 11.9 Å². The highest BCUT2D eigenvalue weighted by Gasteiger charge is 2.31. The topological polar surface area (TPSA) is 120 Å². The second-order valence-electron chi connectivity index (χ2n) is 10.7. The number of nitrogens with one attached hydrogen (secondary N) is 1. The number of carbonyl (C=O) groups excluding carboxylic acids is 1. The van der Waals surface area contributed by atoms with Crippen LogP contribution in [0.5, 0.6) is 0 Å². The molecule has 3 N–H and O–H groups in total. The van der Waals surface area contributed by atoms with Crippen molar-refractivity contribution in [2.75, 3.05) is 44.3 Å². The number of piperazine rings is 1. The Bertz CT molecular complexity index is 997. The van der Waals surface area contributed by atoms with Gasteiger partial charge >= 0.3 is 0 Å². The number of hydrogen-bond donors (Lipinski definition) is 3. The number of aliphatic hydroxyl groups is 2. The minimum absolute atomic E-state index is 0.0439. The molecule has 0 saturated carbocycles. The molecule has 37 heavy (non-hydrogen) atoms. The molecule has 1 aromatic heterocycles. The Labute approximate surface area is 218 Å². The van der Waals surface area contributed by atoms with E-state index in [4.69, 9.17) is 9.57 Å². The van der Waals surface area contributed by atoms with Gasteiger partial charge in [-0.15, -0.1) is 0 Å². The monoisotopic (exact) mass is 513 g/mol. The highest BCUT2D eigenvalue weighted by molar-refractivity contribution is 5.92. The summed E-state index contributed by atoms with van der Waals surface area (Å²) in [7, 11) is 0. The van der Waals surface area contributed by atoms with Crippen LogP contribution < -0.4 is 10.4 Å². The average molecular weight is 514 g/mol. The molecule has 2 fully saturated rings. The summed E-state index contributed by atoms with van der Waals surface area (Å²) in [6, 6.07) is 7.99. The predicted molar refractivity (Wildman–Crippen MR) is 139 cm³/mol. The van der Waals surface area contributed by atoms with Crippen LogP contribution in [0.3, 0.4) is 0 Å². The largest absolute Gasteiger partial charge is 0.394 e. The van der Waals surface area contributed by atoms with Crippen LogP contribution in [-0.2, 0) is 15.0 Å². The fourth-order valence-electron chi connectivity index (χ4n) is 4.74. The molecule has 10 nitrogen and oxygen atoms in total. The number of anilines is 1. The maximum atomic E-state index is 12.4. The van der Waals surface area contributed by atoms with Gasteiger partial charge in [-0.05, 0) is 29.4 Å². The second-order valence-corrected chi connectivity index (χ2v) is 10.7. The number of hydroxylamine groups is 1. The van der Waals surface area contributed by atoms with E-state index in [1.54, 1.807) is 0 Å². The third-order valence-electron chi connectivity index (χ3n) is 6.98. The Morgan fingerprint density at radius 3 is 2.38 bits per heavy atom. The van der Waals surface area contributed by atoms with E-state index in [1.807, 2.05) is 12.1 Å². The molecule has 2 aliphatic rings. The number of aliphatic hydroxyl groups excluding tert-OH is 2. The Morgan fingerprint density at radius 2 is 1.81 bits per heavy atom. The lowest BCUT2D eigenvalue weighted by atomic mass is 9.85. The number of ether oxygens (including phenoxy) is 1. The molecule has 4 rings (SSSR count). The van der Waals surface area contributed by atoms with E-state index in [1.165, 1.54) is 18.0 Å². The first kappa shape index (κ1) is 27.4. The van der Waals surface area contributed by atoms with Crippen molar-refractivity contribution in [1.82, 2.24) is 20.3 Å². The molecule has 0 aliphatic carbocycles. The third kappa shape index (κ3) is 7.03. The zero-order valence-corrected chi connectivity index (χ0v) is 22.0. The summed E-state index contributed by atoms with van der Waals surface area (Å²) >= 11 is 0. The average Bonchev–Trinajstić information content (AvgIpc) is 2.92. The van der Waals surface area contributed by atoms with Gasteiger partial charge in [0.05, 0.1) is 24.3 Å². The van der Waals surface area contributed by atoms with Gasteiger partial charge in [0.25, 0.3) is 5.91 Å². The number of hydrogen-bond acceptors (Lipinski definition) is 9. The normalized spacial score (nSPS) is 20.9. The van der Waals surface area contributed by atoms with E-state index in [0.29, 0.717) is 44.3 Å². The van der Waals surface area contributed by atoms with E-state index < -0.39 is 18.3 Å². The highest BCUT2D eigenvalue weighted by atomic mass is 16.8. The van der Waals surface area contributed by atoms with Crippen molar-refractivity contribution in [3.05, 3.63) is 53.3 Å². The van der Waals surface area contributed by atoms with Crippen LogP contribution in [0.25, 0.3) is 0 Å². The summed E-state index contributed by atoms with van der Waals surface area (Å²) in [5, 5.41) is 20.4. The summed E-state index contributed by atoms with van der Waals surface area (Å²) in [5.74, 6) is 0.130. The summed E-state index contributed by atoms with van der Waals surface area (Å²) in [6.07, 6.45) is 4.44. The summed E-state index contributed by atoms with van der Waals surface area (Å²) < 4.78 is 5.45. The Balaban J connectivity index is 1.34. The lowest BCUT2D eigenvalue weighted by Crippen LogP contribution is -2.51. The molecule has 2 saturated heterocycles. The van der Waals surface area contributed by atoms with Gasteiger partial charge in [-0.3, -0.25) is 9.69 Å². The third-order valence-corrected chi connectivity index (χ3v) is 6.98. The molecule has 1 unspecified atom stereocenters. The summed E-state index contributed by atoms with van der Waals surface area (Å²) in [6.45, 7) is 9.48. The number of amides is 1. The Hall–Kier alpha value is -2.63. The molecule has 0 spiro atoms. The van der Waals surface area contributed by atoms with Gasteiger partial charge in [0.2, 0.25) is 5.95 Å². The molecular formula is C27H39N5O5. The molecule has 3 heterocycles. The molecule has 1 amide bonds. The molecule has 1 aromatic carbocycles. The molecule has 202 valence electrons. The maximum Gasteiger partial charge on any atom is 0.278 e. The van der Waals surface area contributed by atoms with Crippen molar-refractivity contribution in [3.63, 3.8) is 0 Å². The number of rotatable bonds is 8.